The molecule has 114 valence electrons. The van der Waals surface area contributed by atoms with Gasteiger partial charge >= 0.3 is 0 Å². The van der Waals surface area contributed by atoms with Gasteiger partial charge in [-0.05, 0) is 23.6 Å². The molecule has 1 heterocycles. The number of amides is 2. The number of nitrogens with one attached hydrogen (secondary N) is 1. The molecule has 2 unspecified atom stereocenters. The quantitative estimate of drug-likeness (QED) is 0.924. The Kier molecular flexibility index (Phi) is 4.94. The minimum absolute atomic E-state index is 0.0783. The van der Waals surface area contributed by atoms with Gasteiger partial charge in [0, 0.05) is 19.5 Å². The van der Waals surface area contributed by atoms with Crippen LogP contribution in [0.2, 0.25) is 0 Å². The molecule has 0 bridgehead atoms. The highest BCUT2D eigenvalue weighted by atomic mass is 19.1. The third-order valence-corrected chi connectivity index (χ3v) is 3.98. The number of carbonyl (C=O) groups is 2. The summed E-state index contributed by atoms with van der Waals surface area (Å²) in [5.74, 6) is -0.424. The van der Waals surface area contributed by atoms with Gasteiger partial charge in [-0.25, -0.2) is 4.39 Å². The standard InChI is InChI=1S/C16H21FN2O2/c1-3-11(2)15-16(21)19(8-7-14(20)18-15)10-12-5-4-6-13(17)9-12/h4-6,9,11,15H,3,7-8,10H2,1-2H3,(H,18,20). The maximum absolute atomic E-state index is 13.3. The molecule has 0 aromatic heterocycles. The first-order valence-corrected chi connectivity index (χ1v) is 7.34. The van der Waals surface area contributed by atoms with Crippen molar-refractivity contribution >= 4 is 11.8 Å². The number of halogens is 1. The van der Waals surface area contributed by atoms with Crippen LogP contribution in [0, 0.1) is 11.7 Å². The second-order valence-corrected chi connectivity index (χ2v) is 5.57. The van der Waals surface area contributed by atoms with E-state index in [-0.39, 0.29) is 30.0 Å². The summed E-state index contributed by atoms with van der Waals surface area (Å²) in [7, 11) is 0. The zero-order chi connectivity index (χ0) is 15.4. The lowest BCUT2D eigenvalue weighted by molar-refractivity contribution is -0.135. The first-order valence-electron chi connectivity index (χ1n) is 7.34. The highest BCUT2D eigenvalue weighted by Gasteiger charge is 2.32. The number of nitrogens with zero attached hydrogens (tertiary/aromatic N) is 1. The maximum atomic E-state index is 13.3. The van der Waals surface area contributed by atoms with Crippen LogP contribution in [0.5, 0.6) is 0 Å². The van der Waals surface area contributed by atoms with Crippen LogP contribution >= 0.6 is 0 Å². The predicted octanol–water partition coefficient (Wildman–Crippen LogP) is 2.09. The second kappa shape index (κ2) is 6.70. The Morgan fingerprint density at radius 2 is 2.19 bits per heavy atom. The monoisotopic (exact) mass is 292 g/mol. The first-order chi connectivity index (χ1) is 10.0. The van der Waals surface area contributed by atoms with Crippen LogP contribution in [0.3, 0.4) is 0 Å². The fourth-order valence-electron chi connectivity index (χ4n) is 2.48. The number of hydrogen-bond donors (Lipinski definition) is 1. The number of hydrogen-bond acceptors (Lipinski definition) is 2. The van der Waals surface area contributed by atoms with Crippen molar-refractivity contribution in [2.45, 2.75) is 39.3 Å². The van der Waals surface area contributed by atoms with Gasteiger partial charge in [0.15, 0.2) is 0 Å². The molecule has 1 aliphatic rings. The first kappa shape index (κ1) is 15.5. The van der Waals surface area contributed by atoms with Gasteiger partial charge < -0.3 is 10.2 Å². The molecule has 2 atom stereocenters. The van der Waals surface area contributed by atoms with Gasteiger partial charge in [0.25, 0.3) is 0 Å². The van der Waals surface area contributed by atoms with E-state index in [2.05, 4.69) is 5.32 Å². The van der Waals surface area contributed by atoms with Crippen molar-refractivity contribution in [3.63, 3.8) is 0 Å². The van der Waals surface area contributed by atoms with Crippen LogP contribution in [-0.2, 0) is 16.1 Å². The molecule has 5 heteroatoms. The molecule has 0 aliphatic carbocycles. The molecule has 0 saturated carbocycles. The smallest absolute Gasteiger partial charge is 0.245 e. The Balaban J connectivity index is 2.17. The summed E-state index contributed by atoms with van der Waals surface area (Å²) >= 11 is 0. The van der Waals surface area contributed by atoms with Crippen molar-refractivity contribution < 1.29 is 14.0 Å². The Morgan fingerprint density at radius 3 is 2.86 bits per heavy atom. The molecule has 1 aliphatic heterocycles. The summed E-state index contributed by atoms with van der Waals surface area (Å²) in [6.45, 7) is 4.65. The fraction of sp³-hybridized carbons (Fsp3) is 0.500. The van der Waals surface area contributed by atoms with Crippen LogP contribution < -0.4 is 5.32 Å². The molecule has 1 aromatic rings. The Labute approximate surface area is 124 Å². The normalized spacial score (nSPS) is 20.9. The van der Waals surface area contributed by atoms with Crippen LogP contribution in [-0.4, -0.2) is 29.3 Å². The van der Waals surface area contributed by atoms with E-state index in [9.17, 15) is 14.0 Å². The number of benzene rings is 1. The SMILES string of the molecule is CCC(C)C1NC(=O)CCN(Cc2cccc(F)c2)C1=O. The molecular formula is C16H21FN2O2. The number of rotatable bonds is 4. The number of carbonyl (C=O) groups excluding carboxylic acids is 2. The molecule has 0 spiro atoms. The highest BCUT2D eigenvalue weighted by Crippen LogP contribution is 2.17. The summed E-state index contributed by atoms with van der Waals surface area (Å²) in [5.41, 5.74) is 0.737. The molecule has 21 heavy (non-hydrogen) atoms. The van der Waals surface area contributed by atoms with E-state index in [1.165, 1.54) is 12.1 Å². The third kappa shape index (κ3) is 3.80. The minimum Gasteiger partial charge on any atom is -0.344 e. The summed E-state index contributed by atoms with van der Waals surface area (Å²) in [6.07, 6.45) is 1.10. The molecule has 2 amide bonds. The Hall–Kier alpha value is -1.91. The lowest BCUT2D eigenvalue weighted by Crippen LogP contribution is -2.48. The van der Waals surface area contributed by atoms with Crippen molar-refractivity contribution in [2.75, 3.05) is 6.54 Å². The van der Waals surface area contributed by atoms with Gasteiger partial charge in [0.1, 0.15) is 11.9 Å². The highest BCUT2D eigenvalue weighted by molar-refractivity contribution is 5.90. The molecule has 1 saturated heterocycles. The molecule has 2 rings (SSSR count). The van der Waals surface area contributed by atoms with Crippen molar-refractivity contribution in [3.05, 3.63) is 35.6 Å². The van der Waals surface area contributed by atoms with Crippen LogP contribution in [0.4, 0.5) is 4.39 Å². The predicted molar refractivity (Wildman–Crippen MR) is 77.8 cm³/mol. The van der Waals surface area contributed by atoms with E-state index in [0.717, 1.165) is 12.0 Å². The Bertz CT molecular complexity index is 533. The van der Waals surface area contributed by atoms with Gasteiger partial charge in [-0.3, -0.25) is 9.59 Å². The maximum Gasteiger partial charge on any atom is 0.245 e. The van der Waals surface area contributed by atoms with E-state index >= 15 is 0 Å². The van der Waals surface area contributed by atoms with Crippen molar-refractivity contribution in [1.82, 2.24) is 10.2 Å². The van der Waals surface area contributed by atoms with Crippen molar-refractivity contribution in [1.29, 1.82) is 0 Å². The topological polar surface area (TPSA) is 49.4 Å². The molecule has 1 fully saturated rings. The lowest BCUT2D eigenvalue weighted by atomic mass is 9.98. The molecular weight excluding hydrogens is 271 g/mol. The van der Waals surface area contributed by atoms with Gasteiger partial charge in [-0.1, -0.05) is 32.4 Å². The molecule has 1 aromatic carbocycles. The van der Waals surface area contributed by atoms with E-state index < -0.39 is 6.04 Å². The van der Waals surface area contributed by atoms with Crippen molar-refractivity contribution in [2.24, 2.45) is 5.92 Å². The zero-order valence-corrected chi connectivity index (χ0v) is 12.4. The fourth-order valence-corrected chi connectivity index (χ4v) is 2.48. The van der Waals surface area contributed by atoms with Crippen LogP contribution in [0.25, 0.3) is 0 Å². The van der Waals surface area contributed by atoms with E-state index in [1.807, 2.05) is 13.8 Å². The van der Waals surface area contributed by atoms with Gasteiger partial charge in [0.05, 0.1) is 0 Å². The summed E-state index contributed by atoms with van der Waals surface area (Å²) in [5, 5.41) is 2.80. The second-order valence-electron chi connectivity index (χ2n) is 5.57. The molecule has 4 nitrogen and oxygen atoms in total. The average molecular weight is 292 g/mol. The van der Waals surface area contributed by atoms with E-state index in [1.54, 1.807) is 17.0 Å². The van der Waals surface area contributed by atoms with Crippen molar-refractivity contribution in [3.8, 4) is 0 Å². The third-order valence-electron chi connectivity index (χ3n) is 3.98. The van der Waals surface area contributed by atoms with E-state index in [0.29, 0.717) is 13.1 Å². The van der Waals surface area contributed by atoms with Crippen LogP contribution in [0.15, 0.2) is 24.3 Å². The Morgan fingerprint density at radius 1 is 1.43 bits per heavy atom. The molecule has 0 radical (unpaired) electrons. The zero-order valence-electron chi connectivity index (χ0n) is 12.4. The largest absolute Gasteiger partial charge is 0.344 e. The average Bonchev–Trinajstić information content (AvgIpc) is 2.60. The van der Waals surface area contributed by atoms with Gasteiger partial charge in [-0.2, -0.15) is 0 Å². The minimum atomic E-state index is -0.487. The summed E-state index contributed by atoms with van der Waals surface area (Å²) in [6, 6.07) is 5.72. The van der Waals surface area contributed by atoms with E-state index in [4.69, 9.17) is 0 Å². The lowest BCUT2D eigenvalue weighted by Gasteiger charge is -2.27. The van der Waals surface area contributed by atoms with Gasteiger partial charge in [0.2, 0.25) is 11.8 Å². The summed E-state index contributed by atoms with van der Waals surface area (Å²) < 4.78 is 13.3. The summed E-state index contributed by atoms with van der Waals surface area (Å²) in [4.78, 5) is 26.0. The molecule has 1 N–H and O–H groups in total. The van der Waals surface area contributed by atoms with Crippen LogP contribution in [0.1, 0.15) is 32.3 Å². The van der Waals surface area contributed by atoms with Gasteiger partial charge in [-0.15, -0.1) is 0 Å².